The summed E-state index contributed by atoms with van der Waals surface area (Å²) in [5.41, 5.74) is 4.82. The zero-order valence-electron chi connectivity index (χ0n) is 14.6. The average molecular weight is 361 g/mol. The summed E-state index contributed by atoms with van der Waals surface area (Å²) >= 11 is 0. The van der Waals surface area contributed by atoms with Crippen LogP contribution in [0.2, 0.25) is 0 Å². The Morgan fingerprint density at radius 3 is 2.38 bits per heavy atom. The summed E-state index contributed by atoms with van der Waals surface area (Å²) in [6.07, 6.45) is -1.46. The van der Waals surface area contributed by atoms with E-state index in [1.807, 2.05) is 0 Å². The molecule has 3 rings (SSSR count). The van der Waals surface area contributed by atoms with Gasteiger partial charge in [-0.3, -0.25) is 19.3 Å². The quantitative estimate of drug-likeness (QED) is 0.780. The van der Waals surface area contributed by atoms with E-state index in [0.717, 1.165) is 0 Å². The second kappa shape index (κ2) is 6.01. The Kier molecular flexibility index (Phi) is 4.09. The topological polar surface area (TPSA) is 119 Å². The van der Waals surface area contributed by atoms with E-state index in [4.69, 9.17) is 15.2 Å². The smallest absolute Gasteiger partial charge is 0.409 e. The first-order valence-corrected chi connectivity index (χ1v) is 8.06. The molecule has 0 radical (unpaired) electrons. The van der Waals surface area contributed by atoms with Crippen molar-refractivity contribution in [3.63, 3.8) is 0 Å². The van der Waals surface area contributed by atoms with Gasteiger partial charge in [0.15, 0.2) is 11.8 Å². The summed E-state index contributed by atoms with van der Waals surface area (Å²) in [6, 6.07) is 4.58. The molecular formula is C17H19N3O6. The molecule has 2 N–H and O–H groups in total. The lowest BCUT2D eigenvalue weighted by molar-refractivity contribution is -0.162. The highest BCUT2D eigenvalue weighted by Crippen LogP contribution is 2.54. The van der Waals surface area contributed by atoms with Gasteiger partial charge in [0.05, 0.1) is 5.69 Å². The van der Waals surface area contributed by atoms with Crippen LogP contribution >= 0.6 is 0 Å². The third-order valence-electron chi connectivity index (χ3n) is 4.65. The third kappa shape index (κ3) is 2.56. The van der Waals surface area contributed by atoms with Crippen molar-refractivity contribution >= 4 is 29.6 Å². The van der Waals surface area contributed by atoms with Gasteiger partial charge in [0, 0.05) is 39.3 Å². The maximum atomic E-state index is 12.4. The molecule has 0 bridgehead atoms. The molecule has 26 heavy (non-hydrogen) atoms. The number of carbonyl (C=O) groups is 4. The van der Waals surface area contributed by atoms with Gasteiger partial charge < -0.3 is 20.1 Å². The minimum absolute atomic E-state index is 0.160. The van der Waals surface area contributed by atoms with Gasteiger partial charge in [-0.25, -0.2) is 4.79 Å². The molecule has 0 saturated carbocycles. The van der Waals surface area contributed by atoms with Crippen LogP contribution in [0.3, 0.4) is 0 Å². The third-order valence-corrected chi connectivity index (χ3v) is 4.65. The number of esters is 1. The van der Waals surface area contributed by atoms with Crippen LogP contribution in [0.5, 0.6) is 5.75 Å². The molecular weight excluding hydrogens is 342 g/mol. The summed E-state index contributed by atoms with van der Waals surface area (Å²) in [6.45, 7) is 4.35. The first-order valence-electron chi connectivity index (χ1n) is 8.06. The van der Waals surface area contributed by atoms with Crippen LogP contribution in [0, 0.1) is 0 Å². The molecule has 2 aliphatic rings. The lowest BCUT2D eigenvalue weighted by atomic mass is 9.92. The van der Waals surface area contributed by atoms with Crippen molar-refractivity contribution in [2.24, 2.45) is 5.73 Å². The molecule has 9 nitrogen and oxygen atoms in total. The number of nitrogens with two attached hydrogens (primary N) is 1. The Morgan fingerprint density at radius 1 is 1.15 bits per heavy atom. The van der Waals surface area contributed by atoms with Crippen LogP contribution in [0.4, 0.5) is 10.5 Å². The van der Waals surface area contributed by atoms with E-state index >= 15 is 0 Å². The second-order valence-electron chi connectivity index (χ2n) is 6.31. The Hall–Kier alpha value is -3.10. The maximum absolute atomic E-state index is 12.4. The summed E-state index contributed by atoms with van der Waals surface area (Å²) in [4.78, 5) is 50.3. The van der Waals surface area contributed by atoms with Crippen molar-refractivity contribution in [1.29, 1.82) is 0 Å². The zero-order chi connectivity index (χ0) is 19.2. The van der Waals surface area contributed by atoms with Crippen LogP contribution in [0.15, 0.2) is 18.2 Å². The Bertz CT molecular complexity index is 823. The normalized spacial score (nSPS) is 23.3. The van der Waals surface area contributed by atoms with E-state index in [-0.39, 0.29) is 17.6 Å². The molecule has 2 atom stereocenters. The molecule has 0 aliphatic carbocycles. The second-order valence-corrected chi connectivity index (χ2v) is 6.31. The number of benzene rings is 1. The number of fused-ring (bicyclic) bond motifs is 3. The fourth-order valence-corrected chi connectivity index (χ4v) is 3.87. The van der Waals surface area contributed by atoms with Crippen molar-refractivity contribution in [2.75, 3.05) is 11.4 Å². The number of hydrogen-bond donors (Lipinski definition) is 1. The van der Waals surface area contributed by atoms with Gasteiger partial charge >= 0.3 is 12.1 Å². The van der Waals surface area contributed by atoms with E-state index in [2.05, 4.69) is 0 Å². The monoisotopic (exact) mass is 361 g/mol. The molecule has 0 spiro atoms. The van der Waals surface area contributed by atoms with Gasteiger partial charge in [0.25, 0.3) is 0 Å². The van der Waals surface area contributed by atoms with Crippen LogP contribution < -0.4 is 15.4 Å². The van der Waals surface area contributed by atoms with Crippen LogP contribution in [-0.2, 0) is 24.7 Å². The summed E-state index contributed by atoms with van der Waals surface area (Å²) in [7, 11) is 0. The highest BCUT2D eigenvalue weighted by molar-refractivity contribution is 5.97. The van der Waals surface area contributed by atoms with E-state index in [1.165, 1.54) is 42.7 Å². The first kappa shape index (κ1) is 17.7. The Labute approximate surface area is 149 Å². The number of hydrogen-bond acceptors (Lipinski definition) is 6. The molecule has 1 saturated heterocycles. The van der Waals surface area contributed by atoms with Gasteiger partial charge in [0.2, 0.25) is 11.8 Å². The van der Waals surface area contributed by atoms with Crippen molar-refractivity contribution in [3.05, 3.63) is 23.8 Å². The fourth-order valence-electron chi connectivity index (χ4n) is 3.87. The Morgan fingerprint density at radius 2 is 1.85 bits per heavy atom. The van der Waals surface area contributed by atoms with Crippen LogP contribution in [0.1, 0.15) is 32.8 Å². The van der Waals surface area contributed by atoms with Gasteiger partial charge in [0.1, 0.15) is 5.75 Å². The lowest BCUT2D eigenvalue weighted by Gasteiger charge is -2.35. The first-order chi connectivity index (χ1) is 12.2. The zero-order valence-corrected chi connectivity index (χ0v) is 14.6. The number of amides is 3. The maximum Gasteiger partial charge on any atom is 0.409 e. The number of rotatable bonds is 2. The SMILES string of the molecule is CC(=O)OC12CCN(C(C)=O)C1N(C(C)=O)c1ccc(OC(N)=O)cc12. The number of nitrogens with zero attached hydrogens (tertiary/aromatic N) is 2. The summed E-state index contributed by atoms with van der Waals surface area (Å²) < 4.78 is 10.6. The fraction of sp³-hybridized carbons (Fsp3) is 0.412. The van der Waals surface area contributed by atoms with Crippen LogP contribution in [0.25, 0.3) is 0 Å². The van der Waals surface area contributed by atoms with Gasteiger partial charge in [-0.2, -0.15) is 0 Å². The molecule has 1 fully saturated rings. The predicted octanol–water partition coefficient (Wildman–Crippen LogP) is 0.847. The number of ether oxygens (including phenoxy) is 2. The lowest BCUT2D eigenvalue weighted by Crippen LogP contribution is -2.54. The van der Waals surface area contributed by atoms with Gasteiger partial charge in [-0.15, -0.1) is 0 Å². The molecule has 2 heterocycles. The van der Waals surface area contributed by atoms with Gasteiger partial charge in [-0.05, 0) is 18.2 Å². The predicted molar refractivity (Wildman–Crippen MR) is 89.0 cm³/mol. The molecule has 138 valence electrons. The van der Waals surface area contributed by atoms with Crippen molar-refractivity contribution in [1.82, 2.24) is 4.90 Å². The van der Waals surface area contributed by atoms with Crippen molar-refractivity contribution in [3.8, 4) is 5.75 Å². The number of primary amides is 1. The number of likely N-dealkylation sites (tertiary alicyclic amines) is 1. The average Bonchev–Trinajstić information content (AvgIpc) is 2.98. The van der Waals surface area contributed by atoms with Crippen LogP contribution in [-0.4, -0.2) is 41.5 Å². The van der Waals surface area contributed by atoms with Gasteiger partial charge in [-0.1, -0.05) is 0 Å². The van der Waals surface area contributed by atoms with E-state index in [1.54, 1.807) is 6.07 Å². The molecule has 3 amide bonds. The minimum Gasteiger partial charge on any atom is -0.450 e. The molecule has 2 unspecified atom stereocenters. The van der Waals surface area contributed by atoms with Crippen molar-refractivity contribution in [2.45, 2.75) is 39.0 Å². The largest absolute Gasteiger partial charge is 0.450 e. The molecule has 9 heteroatoms. The number of anilines is 1. The molecule has 0 aromatic heterocycles. The molecule has 2 aliphatic heterocycles. The highest BCUT2D eigenvalue weighted by Gasteiger charge is 2.62. The van der Waals surface area contributed by atoms with E-state index in [0.29, 0.717) is 24.2 Å². The van der Waals surface area contributed by atoms with E-state index in [9.17, 15) is 19.2 Å². The van der Waals surface area contributed by atoms with E-state index < -0.39 is 23.8 Å². The highest BCUT2D eigenvalue weighted by atomic mass is 16.6. The minimum atomic E-state index is -1.23. The summed E-state index contributed by atoms with van der Waals surface area (Å²) in [5.74, 6) is -0.926. The Balaban J connectivity index is 2.21. The van der Waals surface area contributed by atoms with Crippen molar-refractivity contribution < 1.29 is 28.7 Å². The summed E-state index contributed by atoms with van der Waals surface area (Å²) in [5, 5.41) is 0. The number of carbonyl (C=O) groups excluding carboxylic acids is 4. The molecule has 1 aromatic rings. The standard InChI is InChI=1S/C17H19N3O6/c1-9(21)19-7-6-17(26-11(3)23)13-8-12(25-16(18)24)4-5-14(13)20(10(2)22)15(17)19/h4-5,8,15H,6-7H2,1-3H3,(H2,18,24). The molecule has 1 aromatic carbocycles.